The van der Waals surface area contributed by atoms with E-state index in [1.54, 1.807) is 6.92 Å². The van der Waals surface area contributed by atoms with Crippen molar-refractivity contribution in [1.29, 1.82) is 0 Å². The molecule has 1 rings (SSSR count). The molecule has 4 atom stereocenters. The molecule has 0 bridgehead atoms. The van der Waals surface area contributed by atoms with Crippen LogP contribution in [-0.4, -0.2) is 47.6 Å². The molecule has 1 aliphatic heterocycles. The zero-order valence-electron chi connectivity index (χ0n) is 7.61. The van der Waals surface area contributed by atoms with E-state index in [0.717, 1.165) is 0 Å². The van der Waals surface area contributed by atoms with E-state index in [1.165, 1.54) is 0 Å². The van der Waals surface area contributed by atoms with Crippen LogP contribution < -0.4 is 0 Å². The monoisotopic (exact) mass is 222 g/mol. The van der Waals surface area contributed by atoms with Gasteiger partial charge in [-0.05, 0) is 0 Å². The van der Waals surface area contributed by atoms with Crippen LogP contribution in [0, 0.1) is 5.92 Å². The fourth-order valence-electron chi connectivity index (χ4n) is 1.25. The minimum absolute atomic E-state index is 0.277. The minimum Gasteiger partial charge on any atom is -0.390 e. The summed E-state index contributed by atoms with van der Waals surface area (Å²) in [6.45, 7) is 1.32. The topological polar surface area (TPSA) is 96.2 Å². The number of phosphoric acid groups is 1. The highest BCUT2D eigenvalue weighted by molar-refractivity contribution is 7.46. The van der Waals surface area contributed by atoms with Crippen molar-refractivity contribution in [3.8, 4) is 0 Å². The van der Waals surface area contributed by atoms with E-state index in [2.05, 4.69) is 4.52 Å². The van der Waals surface area contributed by atoms with E-state index in [-0.39, 0.29) is 12.5 Å². The summed E-state index contributed by atoms with van der Waals surface area (Å²) in [5.41, 5.74) is 0. The zero-order chi connectivity index (χ0) is 10.9. The Kier molecular flexibility index (Phi) is 3.74. The average molecular weight is 222 g/mol. The van der Waals surface area contributed by atoms with Crippen molar-refractivity contribution in [2.24, 2.45) is 5.92 Å². The lowest BCUT2D eigenvalue weighted by Gasteiger charge is -2.15. The van der Waals surface area contributed by atoms with E-state index in [0.29, 0.717) is 0 Å². The van der Waals surface area contributed by atoms with Crippen LogP contribution in [0.2, 0.25) is 0 Å². The number of hydrogen-bond acceptors (Lipinski definition) is 4. The van der Waals surface area contributed by atoms with E-state index < -0.39 is 26.0 Å². The molecule has 8 heteroatoms. The number of aliphatic hydroxyl groups is 1. The molecule has 6 nitrogen and oxygen atoms in total. The van der Waals surface area contributed by atoms with Gasteiger partial charge in [-0.1, -0.05) is 6.92 Å². The van der Waals surface area contributed by atoms with Gasteiger partial charge in [0.1, 0.15) is 14.0 Å². The van der Waals surface area contributed by atoms with Crippen LogP contribution in [0.15, 0.2) is 0 Å². The molecule has 1 unspecified atom stereocenters. The van der Waals surface area contributed by atoms with Crippen LogP contribution in [0.5, 0.6) is 0 Å². The van der Waals surface area contributed by atoms with Crippen LogP contribution in [-0.2, 0) is 13.8 Å². The number of rotatable bonds is 3. The van der Waals surface area contributed by atoms with Crippen molar-refractivity contribution in [3.05, 3.63) is 0 Å². The van der Waals surface area contributed by atoms with Gasteiger partial charge in [0.15, 0.2) is 0 Å². The average Bonchev–Trinajstić information content (AvgIpc) is 2.28. The van der Waals surface area contributed by atoms with Crippen LogP contribution in [0.4, 0.5) is 0 Å². The van der Waals surface area contributed by atoms with Gasteiger partial charge in [-0.2, -0.15) is 0 Å². The van der Waals surface area contributed by atoms with Gasteiger partial charge in [0.2, 0.25) is 0 Å². The minimum atomic E-state index is -4.52. The Balaban J connectivity index is 2.44. The first-order chi connectivity index (χ1) is 6.31. The fraction of sp³-hybridized carbons (Fsp3) is 1.00. The van der Waals surface area contributed by atoms with Crippen LogP contribution in [0.25, 0.3) is 0 Å². The third-order valence-electron chi connectivity index (χ3n) is 2.18. The molecule has 14 heavy (non-hydrogen) atoms. The molecule has 80 valence electrons. The molecule has 2 radical (unpaired) electrons. The van der Waals surface area contributed by atoms with Crippen molar-refractivity contribution >= 4 is 15.7 Å². The van der Waals surface area contributed by atoms with Crippen molar-refractivity contribution < 1.29 is 28.7 Å². The molecular weight excluding hydrogens is 210 g/mol. The molecule has 3 N–H and O–H groups in total. The number of ether oxygens (including phenoxy) is 1. The summed E-state index contributed by atoms with van der Waals surface area (Å²) in [5, 5.41) is 9.49. The van der Waals surface area contributed by atoms with Crippen LogP contribution in [0.1, 0.15) is 6.92 Å². The zero-order valence-corrected chi connectivity index (χ0v) is 8.50. The summed E-state index contributed by atoms with van der Waals surface area (Å²) in [6, 6.07) is -0.629. The van der Waals surface area contributed by atoms with Gasteiger partial charge in [-0.25, -0.2) is 4.57 Å². The maximum atomic E-state index is 10.4. The Morgan fingerprint density at radius 2 is 2.14 bits per heavy atom. The van der Waals surface area contributed by atoms with E-state index in [9.17, 15) is 9.67 Å². The second-order valence-corrected chi connectivity index (χ2v) is 4.51. The second-order valence-electron chi connectivity index (χ2n) is 3.28. The summed E-state index contributed by atoms with van der Waals surface area (Å²) >= 11 is 0. The molecule has 1 heterocycles. The van der Waals surface area contributed by atoms with E-state index in [4.69, 9.17) is 22.4 Å². The first-order valence-electron chi connectivity index (χ1n) is 4.10. The molecule has 0 aromatic heterocycles. The standard InChI is InChI=1S/C6H12BO6P/c1-3-5(8)4(13-6(3)7)2-12-14(9,10)11/h3-6,8H,2H2,1H3,(H2,9,10,11)/t3-,4-,5?,6-/m1/s1. The van der Waals surface area contributed by atoms with Crippen LogP contribution in [0.3, 0.4) is 0 Å². The molecule has 1 aliphatic rings. The first-order valence-corrected chi connectivity index (χ1v) is 5.63. The first kappa shape index (κ1) is 12.2. The van der Waals surface area contributed by atoms with Gasteiger partial charge < -0.3 is 19.6 Å². The largest absolute Gasteiger partial charge is 0.469 e. The number of aliphatic hydroxyl groups excluding tert-OH is 1. The lowest BCUT2D eigenvalue weighted by Crippen LogP contribution is -2.29. The highest BCUT2D eigenvalue weighted by Crippen LogP contribution is 2.37. The third-order valence-corrected chi connectivity index (χ3v) is 2.66. The number of hydrogen-bond donors (Lipinski definition) is 3. The molecule has 1 fully saturated rings. The highest BCUT2D eigenvalue weighted by atomic mass is 31.2. The molecular formula is C6H12BO6P. The normalized spacial score (nSPS) is 38.9. The Hall–Kier alpha value is 0.0949. The van der Waals surface area contributed by atoms with Crippen LogP contribution >= 0.6 is 7.82 Å². The molecule has 0 aromatic carbocycles. The fourth-order valence-corrected chi connectivity index (χ4v) is 1.59. The summed E-state index contributed by atoms with van der Waals surface area (Å²) in [7, 11) is 0.950. The predicted octanol–water partition coefficient (Wildman–Crippen LogP) is -1.01. The molecule has 0 aromatic rings. The molecule has 0 amide bonds. The van der Waals surface area contributed by atoms with Crippen molar-refractivity contribution in [2.75, 3.05) is 6.61 Å². The van der Waals surface area contributed by atoms with Gasteiger partial charge in [-0.15, -0.1) is 0 Å². The van der Waals surface area contributed by atoms with Crippen molar-refractivity contribution in [3.63, 3.8) is 0 Å². The van der Waals surface area contributed by atoms with Crippen molar-refractivity contribution in [1.82, 2.24) is 0 Å². The van der Waals surface area contributed by atoms with Gasteiger partial charge >= 0.3 is 7.82 Å². The Labute approximate surface area is 82.9 Å². The summed E-state index contributed by atoms with van der Waals surface area (Å²) in [4.78, 5) is 16.8. The summed E-state index contributed by atoms with van der Waals surface area (Å²) < 4.78 is 19.6. The maximum Gasteiger partial charge on any atom is 0.469 e. The van der Waals surface area contributed by atoms with E-state index >= 15 is 0 Å². The lowest BCUT2D eigenvalue weighted by molar-refractivity contribution is -0.00501. The van der Waals surface area contributed by atoms with Gasteiger partial charge in [0, 0.05) is 11.9 Å². The molecule has 0 aliphatic carbocycles. The quantitative estimate of drug-likeness (QED) is 0.418. The smallest absolute Gasteiger partial charge is 0.390 e. The Bertz CT molecular complexity index is 242. The lowest BCUT2D eigenvalue weighted by atomic mass is 9.86. The van der Waals surface area contributed by atoms with E-state index in [1.807, 2.05) is 0 Å². The molecule has 1 saturated heterocycles. The Morgan fingerprint density at radius 1 is 1.57 bits per heavy atom. The summed E-state index contributed by atoms with van der Waals surface area (Å²) in [6.07, 6.45) is -1.65. The Morgan fingerprint density at radius 3 is 2.50 bits per heavy atom. The van der Waals surface area contributed by atoms with Gasteiger partial charge in [0.25, 0.3) is 0 Å². The maximum absolute atomic E-state index is 10.4. The summed E-state index contributed by atoms with van der Waals surface area (Å²) in [5.74, 6) is -0.277. The highest BCUT2D eigenvalue weighted by Gasteiger charge is 2.38. The SMILES string of the molecule is [B][C@@H]1O[C@H](COP(=O)(O)O)C(O)[C@H]1C. The number of phosphoric ester groups is 1. The van der Waals surface area contributed by atoms with Crippen molar-refractivity contribution in [2.45, 2.75) is 25.1 Å². The molecule has 0 spiro atoms. The molecule has 0 saturated carbocycles. The van der Waals surface area contributed by atoms with Gasteiger partial charge in [-0.3, -0.25) is 4.52 Å². The third kappa shape index (κ3) is 3.05. The second kappa shape index (κ2) is 4.30. The predicted molar refractivity (Wildman–Crippen MR) is 47.6 cm³/mol. The van der Waals surface area contributed by atoms with Gasteiger partial charge in [0.05, 0.1) is 12.7 Å².